The molecule has 0 spiro atoms. The molecule has 5 nitrogen and oxygen atoms in total. The summed E-state index contributed by atoms with van der Waals surface area (Å²) in [5, 5.41) is 0.488. The van der Waals surface area contributed by atoms with Crippen LogP contribution in [-0.2, 0) is 4.74 Å². The van der Waals surface area contributed by atoms with Crippen LogP contribution in [0.3, 0.4) is 0 Å². The third kappa shape index (κ3) is 3.45. The molecule has 0 N–H and O–H groups in total. The molecule has 3 rings (SSSR count). The van der Waals surface area contributed by atoms with Gasteiger partial charge in [0.15, 0.2) is 0 Å². The zero-order valence-corrected chi connectivity index (χ0v) is 15.9. The third-order valence-corrected chi connectivity index (χ3v) is 5.64. The molecule has 0 saturated heterocycles. The van der Waals surface area contributed by atoms with Crippen LogP contribution < -0.4 is 0 Å². The number of amides is 1. The fourth-order valence-corrected chi connectivity index (χ4v) is 3.93. The van der Waals surface area contributed by atoms with Gasteiger partial charge >= 0.3 is 6.09 Å². The maximum absolute atomic E-state index is 12.5. The van der Waals surface area contributed by atoms with Crippen molar-refractivity contribution in [1.82, 2.24) is 9.97 Å². The number of hydrogen-bond acceptors (Lipinski definition) is 5. The van der Waals surface area contributed by atoms with Crippen LogP contribution in [0.1, 0.15) is 32.1 Å². The smallest absolute Gasteiger partial charge is 0.414 e. The molecule has 1 unspecified atom stereocenters. The fraction of sp³-hybridized carbons (Fsp3) is 0.471. The molecule has 1 aliphatic rings. The van der Waals surface area contributed by atoms with E-state index in [1.54, 1.807) is 11.3 Å². The molecule has 0 bridgehead atoms. The number of thiophene rings is 1. The first-order valence-corrected chi connectivity index (χ1v) is 9.05. The van der Waals surface area contributed by atoms with Crippen molar-refractivity contribution in [3.8, 4) is 0 Å². The summed E-state index contributed by atoms with van der Waals surface area (Å²) in [6, 6.07) is 2.04. The van der Waals surface area contributed by atoms with Crippen LogP contribution in [0.5, 0.6) is 0 Å². The SMILES string of the molecule is CC(C)(C)OC(=O)[N+]1(C)CC=C(c2cc3ncnc(Cl)c3s2)CC1. The average molecular weight is 367 g/mol. The highest BCUT2D eigenvalue weighted by molar-refractivity contribution is 7.20. The van der Waals surface area contributed by atoms with Crippen LogP contribution in [0.2, 0.25) is 5.15 Å². The molecule has 0 saturated carbocycles. The Morgan fingerprint density at radius 1 is 1.38 bits per heavy atom. The number of halogens is 1. The second-order valence-electron chi connectivity index (χ2n) is 7.25. The third-order valence-electron chi connectivity index (χ3n) is 4.03. The number of likely N-dealkylation sites (N-methyl/N-ethyl adjacent to an activating group) is 1. The van der Waals surface area contributed by atoms with Crippen LogP contribution in [0.4, 0.5) is 4.79 Å². The molecule has 1 aliphatic heterocycles. The first-order chi connectivity index (χ1) is 11.2. The van der Waals surface area contributed by atoms with Gasteiger partial charge in [-0.25, -0.2) is 14.5 Å². The molecule has 1 atom stereocenters. The highest BCUT2D eigenvalue weighted by Gasteiger charge is 2.38. The molecule has 0 aliphatic carbocycles. The topological polar surface area (TPSA) is 52.1 Å². The van der Waals surface area contributed by atoms with E-state index in [0.717, 1.165) is 21.5 Å². The molecule has 0 aromatic carbocycles. The monoisotopic (exact) mass is 366 g/mol. The van der Waals surface area contributed by atoms with Gasteiger partial charge < -0.3 is 4.74 Å². The van der Waals surface area contributed by atoms with E-state index in [1.807, 2.05) is 33.9 Å². The van der Waals surface area contributed by atoms with Crippen molar-refractivity contribution in [2.24, 2.45) is 0 Å². The Labute approximate surface area is 150 Å². The number of hydrogen-bond donors (Lipinski definition) is 0. The van der Waals surface area contributed by atoms with Crippen molar-refractivity contribution < 1.29 is 14.0 Å². The number of carbonyl (C=O) groups is 1. The standard InChI is InChI=1S/C17H21ClN3O2S/c1-17(2,3)23-16(22)21(4)7-5-11(6-8-21)13-9-12-14(24-13)15(18)20-10-19-12/h5,9-10H,6-8H2,1-4H3/q+1. The van der Waals surface area contributed by atoms with Crippen molar-refractivity contribution in [2.75, 3.05) is 20.1 Å². The number of nitrogens with zero attached hydrogens (tertiary/aromatic N) is 3. The van der Waals surface area contributed by atoms with Gasteiger partial charge in [0.25, 0.3) is 0 Å². The van der Waals surface area contributed by atoms with Crippen LogP contribution >= 0.6 is 22.9 Å². The molecular weight excluding hydrogens is 346 g/mol. The molecule has 2 aromatic heterocycles. The normalized spacial score (nSPS) is 21.6. The minimum Gasteiger partial charge on any atom is -0.414 e. The largest absolute Gasteiger partial charge is 0.516 e. The Hall–Kier alpha value is -1.50. The second kappa shape index (κ2) is 6.10. The summed E-state index contributed by atoms with van der Waals surface area (Å²) >= 11 is 7.73. The quantitative estimate of drug-likeness (QED) is 0.550. The molecule has 0 radical (unpaired) electrons. The van der Waals surface area contributed by atoms with E-state index in [4.69, 9.17) is 16.3 Å². The van der Waals surface area contributed by atoms with Crippen molar-refractivity contribution in [3.05, 3.63) is 28.5 Å². The summed E-state index contributed by atoms with van der Waals surface area (Å²) in [6.45, 7) is 7.02. The number of fused-ring (bicyclic) bond motifs is 1. The van der Waals surface area contributed by atoms with Crippen molar-refractivity contribution in [2.45, 2.75) is 32.8 Å². The summed E-state index contributed by atoms with van der Waals surface area (Å²) in [6.07, 6.45) is 4.24. The van der Waals surface area contributed by atoms with Gasteiger partial charge in [-0.15, -0.1) is 11.3 Å². The maximum Gasteiger partial charge on any atom is 0.516 e. The van der Waals surface area contributed by atoms with Gasteiger partial charge in [0.05, 0.1) is 23.8 Å². The Kier molecular flexibility index (Phi) is 4.40. The average Bonchev–Trinajstić information content (AvgIpc) is 2.92. The molecule has 2 aromatic rings. The van der Waals surface area contributed by atoms with Gasteiger partial charge in [0, 0.05) is 11.3 Å². The Morgan fingerprint density at radius 3 is 2.71 bits per heavy atom. The Bertz CT molecular complexity index is 825. The predicted octanol–water partition coefficient (Wildman–Crippen LogP) is 4.51. The van der Waals surface area contributed by atoms with Crippen LogP contribution in [-0.4, -0.2) is 46.3 Å². The Balaban J connectivity index is 1.81. The fourth-order valence-electron chi connectivity index (χ4n) is 2.62. The second-order valence-corrected chi connectivity index (χ2v) is 8.66. The maximum atomic E-state index is 12.5. The van der Waals surface area contributed by atoms with E-state index in [-0.39, 0.29) is 10.6 Å². The van der Waals surface area contributed by atoms with E-state index in [0.29, 0.717) is 18.2 Å². The van der Waals surface area contributed by atoms with E-state index in [2.05, 4.69) is 16.0 Å². The molecule has 24 heavy (non-hydrogen) atoms. The molecule has 1 amide bonds. The zero-order valence-electron chi connectivity index (χ0n) is 14.3. The lowest BCUT2D eigenvalue weighted by molar-refractivity contribution is -0.833. The van der Waals surface area contributed by atoms with E-state index in [9.17, 15) is 4.79 Å². The number of ether oxygens (including phenoxy) is 1. The van der Waals surface area contributed by atoms with Gasteiger partial charge in [0.2, 0.25) is 0 Å². The number of carbonyl (C=O) groups excluding carboxylic acids is 1. The van der Waals surface area contributed by atoms with Crippen LogP contribution in [0.25, 0.3) is 15.8 Å². The van der Waals surface area contributed by atoms with Gasteiger partial charge in [-0.2, -0.15) is 4.79 Å². The van der Waals surface area contributed by atoms with Crippen molar-refractivity contribution in [3.63, 3.8) is 0 Å². The summed E-state index contributed by atoms with van der Waals surface area (Å²) in [7, 11) is 1.93. The van der Waals surface area contributed by atoms with Crippen LogP contribution in [0.15, 0.2) is 18.5 Å². The van der Waals surface area contributed by atoms with Crippen molar-refractivity contribution in [1.29, 1.82) is 0 Å². The van der Waals surface area contributed by atoms with Gasteiger partial charge in [-0.1, -0.05) is 11.6 Å². The summed E-state index contributed by atoms with van der Waals surface area (Å²) in [5.74, 6) is 0. The van der Waals surface area contributed by atoms with E-state index < -0.39 is 5.60 Å². The summed E-state index contributed by atoms with van der Waals surface area (Å²) in [5.41, 5.74) is 1.63. The highest BCUT2D eigenvalue weighted by Crippen LogP contribution is 2.36. The minimum absolute atomic E-state index is 0.178. The minimum atomic E-state index is -0.469. The first-order valence-electron chi connectivity index (χ1n) is 7.85. The van der Waals surface area contributed by atoms with Gasteiger partial charge in [0.1, 0.15) is 23.6 Å². The Morgan fingerprint density at radius 2 is 2.12 bits per heavy atom. The molecule has 0 fully saturated rings. The van der Waals surface area contributed by atoms with Crippen molar-refractivity contribution >= 4 is 44.8 Å². The zero-order chi connectivity index (χ0) is 17.5. The summed E-state index contributed by atoms with van der Waals surface area (Å²) in [4.78, 5) is 21.9. The van der Waals surface area contributed by atoms with E-state index >= 15 is 0 Å². The van der Waals surface area contributed by atoms with Gasteiger partial charge in [-0.3, -0.25) is 0 Å². The number of rotatable bonds is 1. The first kappa shape index (κ1) is 17.3. The van der Waals surface area contributed by atoms with E-state index in [1.165, 1.54) is 11.9 Å². The molecule has 128 valence electrons. The summed E-state index contributed by atoms with van der Waals surface area (Å²) < 4.78 is 6.73. The highest BCUT2D eigenvalue weighted by atomic mass is 35.5. The molecule has 7 heteroatoms. The van der Waals surface area contributed by atoms with Gasteiger partial charge in [-0.05, 0) is 38.5 Å². The predicted molar refractivity (Wildman–Crippen MR) is 97.2 cm³/mol. The number of aromatic nitrogens is 2. The molecular formula is C17H21ClN3O2S+. The lowest BCUT2D eigenvalue weighted by atomic mass is 10.1. The number of quaternary nitrogens is 1. The molecule has 3 heterocycles. The lowest BCUT2D eigenvalue weighted by Gasteiger charge is -2.34. The lowest BCUT2D eigenvalue weighted by Crippen LogP contribution is -2.53. The van der Waals surface area contributed by atoms with Crippen LogP contribution in [0, 0.1) is 0 Å².